The normalized spacial score (nSPS) is 19.0. The number of nitrogens with two attached hydrogens (primary N) is 1. The number of nitrogens with zero attached hydrogens (tertiary/aromatic N) is 1. The predicted octanol–water partition coefficient (Wildman–Crippen LogP) is 3.37. The lowest BCUT2D eigenvalue weighted by molar-refractivity contribution is 0.401. The molecule has 1 aromatic heterocycles. The van der Waals surface area contributed by atoms with Crippen LogP contribution in [0.4, 0.5) is 0 Å². The molecular formula is C13H20N2S. The Morgan fingerprint density at radius 3 is 2.81 bits per heavy atom. The van der Waals surface area contributed by atoms with Crippen LogP contribution in [0.15, 0.2) is 11.1 Å². The SMILES string of the molecule is Cc1ncsc1C=C(CN)C1CCCCC1. The molecule has 1 fully saturated rings. The number of hydrogen-bond acceptors (Lipinski definition) is 3. The highest BCUT2D eigenvalue weighted by atomic mass is 32.1. The van der Waals surface area contributed by atoms with Crippen LogP contribution in [0.1, 0.15) is 42.7 Å². The molecule has 0 unspecified atom stereocenters. The number of aryl methyl sites for hydroxylation is 1. The van der Waals surface area contributed by atoms with Gasteiger partial charge in [0.1, 0.15) is 0 Å². The van der Waals surface area contributed by atoms with E-state index in [0.29, 0.717) is 6.54 Å². The van der Waals surface area contributed by atoms with Gasteiger partial charge in [-0.25, -0.2) is 4.98 Å². The highest BCUT2D eigenvalue weighted by molar-refractivity contribution is 7.10. The quantitative estimate of drug-likeness (QED) is 0.874. The number of aromatic nitrogens is 1. The van der Waals surface area contributed by atoms with Crippen LogP contribution < -0.4 is 5.73 Å². The first kappa shape index (κ1) is 11.8. The van der Waals surface area contributed by atoms with E-state index in [1.165, 1.54) is 42.6 Å². The summed E-state index contributed by atoms with van der Waals surface area (Å²) in [6.07, 6.45) is 9.05. The minimum absolute atomic E-state index is 0.696. The molecule has 2 rings (SSSR count). The average molecular weight is 236 g/mol. The van der Waals surface area contributed by atoms with Gasteiger partial charge in [0.2, 0.25) is 0 Å². The Labute approximate surface area is 102 Å². The van der Waals surface area contributed by atoms with Crippen molar-refractivity contribution < 1.29 is 0 Å². The lowest BCUT2D eigenvalue weighted by Crippen LogP contribution is -2.16. The minimum atomic E-state index is 0.696. The van der Waals surface area contributed by atoms with Crippen LogP contribution in [-0.4, -0.2) is 11.5 Å². The highest BCUT2D eigenvalue weighted by Gasteiger charge is 2.17. The van der Waals surface area contributed by atoms with Crippen molar-refractivity contribution >= 4 is 17.4 Å². The molecule has 2 N–H and O–H groups in total. The van der Waals surface area contributed by atoms with Crippen molar-refractivity contribution in [2.75, 3.05) is 6.54 Å². The summed E-state index contributed by atoms with van der Waals surface area (Å²) < 4.78 is 0. The fraction of sp³-hybridized carbons (Fsp3) is 0.615. The second kappa shape index (κ2) is 5.60. The van der Waals surface area contributed by atoms with E-state index >= 15 is 0 Å². The van der Waals surface area contributed by atoms with Crippen LogP contribution >= 0.6 is 11.3 Å². The van der Waals surface area contributed by atoms with Crippen LogP contribution in [0, 0.1) is 12.8 Å². The summed E-state index contributed by atoms with van der Waals surface area (Å²) in [5.41, 5.74) is 10.4. The highest BCUT2D eigenvalue weighted by Crippen LogP contribution is 2.31. The minimum Gasteiger partial charge on any atom is -0.327 e. The van der Waals surface area contributed by atoms with Gasteiger partial charge in [0, 0.05) is 11.4 Å². The molecule has 0 spiro atoms. The fourth-order valence-corrected chi connectivity index (χ4v) is 3.20. The molecule has 1 aliphatic rings. The van der Waals surface area contributed by atoms with Crippen molar-refractivity contribution in [2.24, 2.45) is 11.7 Å². The van der Waals surface area contributed by atoms with E-state index in [-0.39, 0.29) is 0 Å². The van der Waals surface area contributed by atoms with E-state index in [9.17, 15) is 0 Å². The van der Waals surface area contributed by atoms with Gasteiger partial charge >= 0.3 is 0 Å². The zero-order chi connectivity index (χ0) is 11.4. The summed E-state index contributed by atoms with van der Waals surface area (Å²) in [6, 6.07) is 0. The first-order valence-corrected chi connectivity index (χ1v) is 7.00. The van der Waals surface area contributed by atoms with Crippen LogP contribution in [0.25, 0.3) is 6.08 Å². The van der Waals surface area contributed by atoms with Gasteiger partial charge in [-0.2, -0.15) is 0 Å². The fourth-order valence-electron chi connectivity index (χ4n) is 2.43. The topological polar surface area (TPSA) is 38.9 Å². The van der Waals surface area contributed by atoms with Crippen molar-refractivity contribution in [3.63, 3.8) is 0 Å². The van der Waals surface area contributed by atoms with Crippen molar-refractivity contribution in [2.45, 2.75) is 39.0 Å². The molecule has 3 heteroatoms. The van der Waals surface area contributed by atoms with Crippen molar-refractivity contribution in [1.29, 1.82) is 0 Å². The van der Waals surface area contributed by atoms with Gasteiger partial charge in [0.15, 0.2) is 0 Å². The summed E-state index contributed by atoms with van der Waals surface area (Å²) in [5.74, 6) is 0.722. The summed E-state index contributed by atoms with van der Waals surface area (Å²) in [5, 5.41) is 0. The Balaban J connectivity index is 2.14. The van der Waals surface area contributed by atoms with E-state index in [1.54, 1.807) is 11.3 Å². The van der Waals surface area contributed by atoms with Crippen molar-refractivity contribution in [3.8, 4) is 0 Å². The first-order chi connectivity index (χ1) is 7.81. The standard InChI is InChI=1S/C13H20N2S/c1-10-13(16-9-15-10)7-12(8-14)11-5-3-2-4-6-11/h7,9,11H,2-6,8,14H2,1H3. The molecule has 0 radical (unpaired) electrons. The molecule has 1 aliphatic carbocycles. The third-order valence-corrected chi connectivity index (χ3v) is 4.34. The molecule has 1 heterocycles. The number of hydrogen-bond donors (Lipinski definition) is 1. The zero-order valence-electron chi connectivity index (χ0n) is 9.91. The summed E-state index contributed by atoms with van der Waals surface area (Å²) in [6.45, 7) is 2.76. The van der Waals surface area contributed by atoms with Crippen molar-refractivity contribution in [3.05, 3.63) is 21.7 Å². The Bertz CT molecular complexity index is 362. The first-order valence-electron chi connectivity index (χ1n) is 6.12. The van der Waals surface area contributed by atoms with E-state index in [4.69, 9.17) is 5.73 Å². The maximum Gasteiger partial charge on any atom is 0.0801 e. The monoisotopic (exact) mass is 236 g/mol. The van der Waals surface area contributed by atoms with Gasteiger partial charge in [-0.3, -0.25) is 0 Å². The van der Waals surface area contributed by atoms with Gasteiger partial charge in [0.25, 0.3) is 0 Å². The van der Waals surface area contributed by atoms with Crippen LogP contribution in [0.5, 0.6) is 0 Å². The van der Waals surface area contributed by atoms with Gasteiger partial charge in [-0.05, 0) is 31.8 Å². The van der Waals surface area contributed by atoms with E-state index in [1.807, 2.05) is 5.51 Å². The molecule has 2 nitrogen and oxygen atoms in total. The van der Waals surface area contributed by atoms with Crippen molar-refractivity contribution in [1.82, 2.24) is 4.98 Å². The summed E-state index contributed by atoms with van der Waals surface area (Å²) in [7, 11) is 0. The molecule has 0 atom stereocenters. The lowest BCUT2D eigenvalue weighted by Gasteiger charge is -2.23. The predicted molar refractivity (Wildman–Crippen MR) is 70.5 cm³/mol. The molecular weight excluding hydrogens is 216 g/mol. The van der Waals surface area contributed by atoms with Crippen LogP contribution in [0.3, 0.4) is 0 Å². The average Bonchev–Trinajstić information content (AvgIpc) is 2.73. The molecule has 0 bridgehead atoms. The van der Waals surface area contributed by atoms with Gasteiger partial charge < -0.3 is 5.73 Å². The third-order valence-electron chi connectivity index (χ3n) is 3.46. The zero-order valence-corrected chi connectivity index (χ0v) is 10.7. The molecule has 0 amide bonds. The number of thiazole rings is 1. The molecule has 1 saturated carbocycles. The molecule has 88 valence electrons. The smallest absolute Gasteiger partial charge is 0.0801 e. The van der Waals surface area contributed by atoms with Crippen LogP contribution in [-0.2, 0) is 0 Å². The van der Waals surface area contributed by atoms with E-state index < -0.39 is 0 Å². The second-order valence-electron chi connectivity index (χ2n) is 4.56. The van der Waals surface area contributed by atoms with Gasteiger partial charge in [0.05, 0.1) is 11.2 Å². The largest absolute Gasteiger partial charge is 0.327 e. The van der Waals surface area contributed by atoms with E-state index in [0.717, 1.165) is 11.6 Å². The van der Waals surface area contributed by atoms with E-state index in [2.05, 4.69) is 18.0 Å². The Kier molecular flexibility index (Phi) is 4.13. The molecule has 1 aromatic rings. The molecule has 16 heavy (non-hydrogen) atoms. The van der Waals surface area contributed by atoms with Gasteiger partial charge in [-0.1, -0.05) is 24.8 Å². The maximum absolute atomic E-state index is 5.89. The third kappa shape index (κ3) is 2.71. The number of rotatable bonds is 3. The van der Waals surface area contributed by atoms with Gasteiger partial charge in [-0.15, -0.1) is 11.3 Å². The molecule has 0 aliphatic heterocycles. The lowest BCUT2D eigenvalue weighted by atomic mass is 9.83. The molecule has 0 saturated heterocycles. The second-order valence-corrected chi connectivity index (χ2v) is 5.45. The Hall–Kier alpha value is -0.670. The maximum atomic E-state index is 5.89. The summed E-state index contributed by atoms with van der Waals surface area (Å²) >= 11 is 1.71. The summed E-state index contributed by atoms with van der Waals surface area (Å²) in [4.78, 5) is 5.57. The molecule has 0 aromatic carbocycles. The van der Waals surface area contributed by atoms with Crippen LogP contribution in [0.2, 0.25) is 0 Å². The Morgan fingerprint density at radius 2 is 2.25 bits per heavy atom. The Morgan fingerprint density at radius 1 is 1.50 bits per heavy atom.